The Hall–Kier alpha value is -4.94. The normalized spacial score (nSPS) is 11.8. The lowest BCUT2D eigenvalue weighted by molar-refractivity contribution is 0.0695. The van der Waals surface area contributed by atoms with Crippen LogP contribution in [0.25, 0.3) is 23.1 Å². The molecular formula is C34H28ClN3O3. The van der Waals surface area contributed by atoms with Gasteiger partial charge in [0.2, 0.25) is 0 Å². The number of rotatable bonds is 9. The molecule has 5 aromatic rings. The third-order valence-corrected chi connectivity index (χ3v) is 6.96. The Kier molecular flexibility index (Phi) is 8.72. The summed E-state index contributed by atoms with van der Waals surface area (Å²) < 4.78 is 0. The molecule has 0 radical (unpaired) electrons. The molecule has 0 aliphatic rings. The van der Waals surface area contributed by atoms with Gasteiger partial charge in [0.05, 0.1) is 22.8 Å². The Balaban J connectivity index is 1.38. The third-order valence-electron chi connectivity index (χ3n) is 6.72. The fourth-order valence-corrected chi connectivity index (χ4v) is 4.84. The van der Waals surface area contributed by atoms with Gasteiger partial charge in [-0.15, -0.1) is 0 Å². The van der Waals surface area contributed by atoms with Crippen molar-refractivity contribution in [1.29, 1.82) is 0 Å². The number of para-hydroxylation sites is 1. The van der Waals surface area contributed by atoms with Gasteiger partial charge in [-0.3, -0.25) is 0 Å². The van der Waals surface area contributed by atoms with Gasteiger partial charge in [0.15, 0.2) is 0 Å². The lowest BCUT2D eigenvalue weighted by Crippen LogP contribution is -2.33. The number of aromatic carboxylic acids is 1. The first-order valence-electron chi connectivity index (χ1n) is 13.2. The van der Waals surface area contributed by atoms with Gasteiger partial charge in [-0.25, -0.2) is 14.6 Å². The van der Waals surface area contributed by atoms with Crippen molar-refractivity contribution in [3.63, 3.8) is 0 Å². The molecule has 41 heavy (non-hydrogen) atoms. The molecule has 0 aliphatic carbocycles. The fourth-order valence-electron chi connectivity index (χ4n) is 4.68. The van der Waals surface area contributed by atoms with Gasteiger partial charge in [0.1, 0.15) is 0 Å². The van der Waals surface area contributed by atoms with Crippen LogP contribution in [0.1, 0.15) is 45.2 Å². The molecule has 0 aliphatic heterocycles. The minimum atomic E-state index is -0.969. The van der Waals surface area contributed by atoms with E-state index < -0.39 is 5.97 Å². The van der Waals surface area contributed by atoms with Crippen molar-refractivity contribution in [2.45, 2.75) is 18.9 Å². The number of carboxylic acids is 1. The van der Waals surface area contributed by atoms with Crippen molar-refractivity contribution in [2.24, 2.45) is 0 Å². The van der Waals surface area contributed by atoms with Crippen LogP contribution in [0.5, 0.6) is 0 Å². The van der Waals surface area contributed by atoms with Crippen LogP contribution in [-0.4, -0.2) is 22.1 Å². The zero-order valence-corrected chi connectivity index (χ0v) is 22.9. The average Bonchev–Trinajstić information content (AvgIpc) is 2.98. The van der Waals surface area contributed by atoms with E-state index in [4.69, 9.17) is 11.6 Å². The highest BCUT2D eigenvalue weighted by molar-refractivity contribution is 6.31. The number of anilines is 1. The van der Waals surface area contributed by atoms with Crippen LogP contribution in [0.4, 0.5) is 10.5 Å². The van der Waals surface area contributed by atoms with Gasteiger partial charge in [-0.05, 0) is 78.1 Å². The number of hydrogen-bond acceptors (Lipinski definition) is 3. The first kappa shape index (κ1) is 27.6. The number of carbonyl (C=O) groups is 2. The summed E-state index contributed by atoms with van der Waals surface area (Å²) in [6.07, 6.45) is 4.89. The van der Waals surface area contributed by atoms with Crippen LogP contribution in [0, 0.1) is 0 Å². The number of carbonyl (C=O) groups excluding carboxylic acids is 1. The summed E-state index contributed by atoms with van der Waals surface area (Å²) in [4.78, 5) is 29.4. The molecular weight excluding hydrogens is 534 g/mol. The van der Waals surface area contributed by atoms with Gasteiger partial charge in [0.25, 0.3) is 0 Å². The number of fused-ring (bicyclic) bond motifs is 1. The van der Waals surface area contributed by atoms with Crippen molar-refractivity contribution < 1.29 is 14.7 Å². The monoisotopic (exact) mass is 561 g/mol. The third kappa shape index (κ3) is 7.38. The second kappa shape index (κ2) is 12.9. The molecule has 1 atom stereocenters. The van der Waals surface area contributed by atoms with Crippen molar-refractivity contribution >= 4 is 52.3 Å². The van der Waals surface area contributed by atoms with Gasteiger partial charge < -0.3 is 15.7 Å². The first-order valence-corrected chi connectivity index (χ1v) is 13.6. The maximum Gasteiger partial charge on any atom is 0.335 e. The summed E-state index contributed by atoms with van der Waals surface area (Å²) in [5, 5.41) is 17.2. The molecule has 0 bridgehead atoms. The van der Waals surface area contributed by atoms with E-state index in [1.807, 2.05) is 109 Å². The number of urea groups is 1. The van der Waals surface area contributed by atoms with E-state index in [0.29, 0.717) is 29.1 Å². The Morgan fingerprint density at radius 2 is 1.63 bits per heavy atom. The molecule has 6 nitrogen and oxygen atoms in total. The molecule has 7 heteroatoms. The van der Waals surface area contributed by atoms with E-state index in [2.05, 4.69) is 15.6 Å². The number of pyridine rings is 1. The summed E-state index contributed by atoms with van der Waals surface area (Å²) in [5.41, 5.74) is 5.13. The Morgan fingerprint density at radius 3 is 2.46 bits per heavy atom. The summed E-state index contributed by atoms with van der Waals surface area (Å²) in [7, 11) is 0. The molecule has 2 amide bonds. The smallest absolute Gasteiger partial charge is 0.335 e. The summed E-state index contributed by atoms with van der Waals surface area (Å²) >= 11 is 6.14. The largest absolute Gasteiger partial charge is 0.478 e. The van der Waals surface area contributed by atoms with E-state index in [0.717, 1.165) is 27.7 Å². The second-order valence-electron chi connectivity index (χ2n) is 9.59. The SMILES string of the molecule is O=C(Nc1ccccc1)NC(CCc1ccccc1C(=O)O)c1cccc(/C=C/c2ccc3ccc(Cl)cc3n2)c1. The number of aryl methyl sites for hydroxylation is 1. The van der Waals surface area contributed by atoms with Gasteiger partial charge in [-0.1, -0.05) is 84.4 Å². The van der Waals surface area contributed by atoms with Crippen LogP contribution in [0.15, 0.2) is 109 Å². The molecule has 0 fully saturated rings. The maximum absolute atomic E-state index is 13.0. The lowest BCUT2D eigenvalue weighted by Gasteiger charge is -2.21. The second-order valence-corrected chi connectivity index (χ2v) is 10.0. The van der Waals surface area contributed by atoms with E-state index in [1.54, 1.807) is 12.1 Å². The fraction of sp³-hybridized carbons (Fsp3) is 0.0882. The van der Waals surface area contributed by atoms with Crippen LogP contribution in [0.2, 0.25) is 5.02 Å². The minimum Gasteiger partial charge on any atom is -0.478 e. The number of nitrogens with zero attached hydrogens (tertiary/aromatic N) is 1. The number of halogens is 1. The zero-order valence-electron chi connectivity index (χ0n) is 22.1. The molecule has 0 saturated heterocycles. The molecule has 1 unspecified atom stereocenters. The molecule has 0 saturated carbocycles. The molecule has 1 aromatic heterocycles. The van der Waals surface area contributed by atoms with Crippen molar-refractivity contribution in [2.75, 3.05) is 5.32 Å². The van der Waals surface area contributed by atoms with Crippen LogP contribution in [-0.2, 0) is 6.42 Å². The number of hydrogen-bond donors (Lipinski definition) is 3. The van der Waals surface area contributed by atoms with Crippen molar-refractivity contribution in [3.05, 3.63) is 142 Å². The number of amides is 2. The highest BCUT2D eigenvalue weighted by atomic mass is 35.5. The van der Waals surface area contributed by atoms with Crippen molar-refractivity contribution in [1.82, 2.24) is 10.3 Å². The maximum atomic E-state index is 13.0. The van der Waals surface area contributed by atoms with Gasteiger partial charge in [0, 0.05) is 16.1 Å². The summed E-state index contributed by atoms with van der Waals surface area (Å²) in [5.74, 6) is -0.969. The zero-order chi connectivity index (χ0) is 28.6. The minimum absolute atomic E-state index is 0.265. The number of aromatic nitrogens is 1. The van der Waals surface area contributed by atoms with Crippen LogP contribution >= 0.6 is 11.6 Å². The molecule has 1 heterocycles. The Labute approximate surface area is 243 Å². The quantitative estimate of drug-likeness (QED) is 0.169. The Morgan fingerprint density at radius 1 is 0.854 bits per heavy atom. The highest BCUT2D eigenvalue weighted by Gasteiger charge is 2.17. The van der Waals surface area contributed by atoms with Gasteiger partial charge >= 0.3 is 12.0 Å². The predicted molar refractivity (Wildman–Crippen MR) is 165 cm³/mol. The van der Waals surface area contributed by atoms with E-state index >= 15 is 0 Å². The van der Waals surface area contributed by atoms with E-state index in [1.165, 1.54) is 0 Å². The first-order chi connectivity index (χ1) is 19.9. The van der Waals surface area contributed by atoms with Crippen molar-refractivity contribution in [3.8, 4) is 0 Å². The molecule has 204 valence electrons. The number of carboxylic acid groups (broad SMARTS) is 1. The molecule has 0 spiro atoms. The Bertz CT molecular complexity index is 1720. The molecule has 5 rings (SSSR count). The molecule has 4 aromatic carbocycles. The summed E-state index contributed by atoms with van der Waals surface area (Å²) in [6.45, 7) is 0. The molecule has 3 N–H and O–H groups in total. The summed E-state index contributed by atoms with van der Waals surface area (Å²) in [6, 6.07) is 33.0. The standard InChI is InChI=1S/C34H28ClN3O3/c35-27-17-14-25-15-19-29(36-32(25)22-27)18-13-23-7-6-9-26(21-23)31(38-34(41)37-28-10-2-1-3-11-28)20-16-24-8-4-5-12-30(24)33(39)40/h1-15,17-19,21-22,31H,16,20H2,(H,39,40)(H2,37,38,41)/b18-13+. The average molecular weight is 562 g/mol. The topological polar surface area (TPSA) is 91.3 Å². The predicted octanol–water partition coefficient (Wildman–Crippen LogP) is 8.25. The van der Waals surface area contributed by atoms with E-state index in [-0.39, 0.29) is 17.6 Å². The number of benzene rings is 4. The highest BCUT2D eigenvalue weighted by Crippen LogP contribution is 2.24. The van der Waals surface area contributed by atoms with Gasteiger partial charge in [-0.2, -0.15) is 0 Å². The van der Waals surface area contributed by atoms with Crippen LogP contribution < -0.4 is 10.6 Å². The van der Waals surface area contributed by atoms with Crippen LogP contribution in [0.3, 0.4) is 0 Å². The lowest BCUT2D eigenvalue weighted by atomic mass is 9.95. The number of nitrogens with one attached hydrogen (secondary N) is 2. The van der Waals surface area contributed by atoms with E-state index in [9.17, 15) is 14.7 Å².